The molecule has 7 heteroatoms. The third kappa shape index (κ3) is 4.92. The lowest BCUT2D eigenvalue weighted by Crippen LogP contribution is -2.29. The van der Waals surface area contributed by atoms with Crippen LogP contribution < -0.4 is 10.1 Å². The minimum atomic E-state index is -0.560. The Bertz CT molecular complexity index is 815. The highest BCUT2D eigenvalue weighted by Crippen LogP contribution is 2.28. The molecule has 7 nitrogen and oxygen atoms in total. The number of nitrogens with zero attached hydrogens (tertiary/aromatic N) is 1. The first-order valence-corrected chi connectivity index (χ1v) is 8.28. The number of nitrogens with one attached hydrogen (secondary N) is 1. The van der Waals surface area contributed by atoms with Crippen LogP contribution in [0.3, 0.4) is 0 Å². The molecule has 2 aromatic rings. The summed E-state index contributed by atoms with van der Waals surface area (Å²) in [4.78, 5) is 22.4. The molecule has 0 radical (unpaired) electrons. The molecule has 142 valence electrons. The number of nitro benzene ring substituents is 1. The Morgan fingerprint density at radius 3 is 2.11 bits per heavy atom. The van der Waals surface area contributed by atoms with Gasteiger partial charge in [-0.2, -0.15) is 0 Å². The fraction of sp³-hybridized carbons (Fsp3) is 0.250. The lowest BCUT2D eigenvalue weighted by atomic mass is 9.97. The molecule has 2 atom stereocenters. The highest BCUT2D eigenvalue weighted by atomic mass is 16.6. The van der Waals surface area contributed by atoms with E-state index < -0.39 is 16.9 Å². The number of methoxy groups -OCH3 is 2. The van der Waals surface area contributed by atoms with E-state index >= 15 is 0 Å². The molecule has 0 fully saturated rings. The number of hydrogen-bond acceptors (Lipinski definition) is 6. The van der Waals surface area contributed by atoms with Crippen molar-refractivity contribution in [1.82, 2.24) is 5.32 Å². The molecule has 0 saturated carbocycles. The van der Waals surface area contributed by atoms with Crippen molar-refractivity contribution >= 4 is 11.7 Å². The van der Waals surface area contributed by atoms with E-state index in [4.69, 9.17) is 9.47 Å². The monoisotopic (exact) mass is 370 g/mol. The summed E-state index contributed by atoms with van der Waals surface area (Å²) in [5.74, 6) is 0.199. The Kier molecular flexibility index (Phi) is 6.67. The van der Waals surface area contributed by atoms with E-state index in [0.29, 0.717) is 5.56 Å². The molecule has 2 rings (SSSR count). The van der Waals surface area contributed by atoms with Gasteiger partial charge in [0.25, 0.3) is 5.69 Å². The molecular formula is C20H22N2O5. The molecule has 0 saturated heterocycles. The van der Waals surface area contributed by atoms with E-state index in [1.165, 1.54) is 19.2 Å². The summed E-state index contributed by atoms with van der Waals surface area (Å²) in [6.07, 6.45) is 0. The van der Waals surface area contributed by atoms with Gasteiger partial charge in [0, 0.05) is 18.2 Å². The highest BCUT2D eigenvalue weighted by molar-refractivity contribution is 5.89. The number of carbonyl (C=O) groups is 1. The molecule has 0 aliphatic carbocycles. The summed E-state index contributed by atoms with van der Waals surface area (Å²) >= 11 is 0. The zero-order valence-electron chi connectivity index (χ0n) is 15.5. The van der Waals surface area contributed by atoms with Gasteiger partial charge in [-0.15, -0.1) is 0 Å². The largest absolute Gasteiger partial charge is 0.497 e. The molecule has 0 unspecified atom stereocenters. The number of esters is 1. The molecule has 0 aliphatic rings. The first kappa shape index (κ1) is 20.1. The van der Waals surface area contributed by atoms with Crippen molar-refractivity contribution in [3.05, 3.63) is 81.9 Å². The number of ether oxygens (including phenoxy) is 2. The van der Waals surface area contributed by atoms with E-state index in [1.54, 1.807) is 19.2 Å². The first-order chi connectivity index (χ1) is 12.9. The number of benzene rings is 2. The molecule has 0 spiro atoms. The molecule has 0 bridgehead atoms. The van der Waals surface area contributed by atoms with Crippen molar-refractivity contribution in [2.75, 3.05) is 14.2 Å². The van der Waals surface area contributed by atoms with Crippen molar-refractivity contribution in [1.29, 1.82) is 0 Å². The number of rotatable bonds is 8. The van der Waals surface area contributed by atoms with Gasteiger partial charge in [0.05, 0.1) is 30.8 Å². The second-order valence-corrected chi connectivity index (χ2v) is 5.96. The highest BCUT2D eigenvalue weighted by Gasteiger charge is 2.24. The number of hydrogen-bond donors (Lipinski definition) is 1. The van der Waals surface area contributed by atoms with Crippen LogP contribution in [0.15, 0.2) is 60.7 Å². The maximum Gasteiger partial charge on any atom is 0.335 e. The zero-order valence-corrected chi connectivity index (χ0v) is 15.5. The summed E-state index contributed by atoms with van der Waals surface area (Å²) in [6, 6.07) is 12.9. The smallest absolute Gasteiger partial charge is 0.335 e. The van der Waals surface area contributed by atoms with Crippen LogP contribution in [0.5, 0.6) is 5.75 Å². The van der Waals surface area contributed by atoms with E-state index in [-0.39, 0.29) is 17.3 Å². The summed E-state index contributed by atoms with van der Waals surface area (Å²) in [7, 11) is 2.88. The third-order valence-electron chi connectivity index (χ3n) is 4.27. The number of non-ortho nitro benzene ring substituents is 1. The Morgan fingerprint density at radius 1 is 1.07 bits per heavy atom. The maximum atomic E-state index is 12.0. The molecule has 0 amide bonds. The van der Waals surface area contributed by atoms with Gasteiger partial charge in [-0.1, -0.05) is 30.8 Å². The Hall–Kier alpha value is -3.19. The van der Waals surface area contributed by atoms with Crippen molar-refractivity contribution in [2.24, 2.45) is 0 Å². The average molecular weight is 370 g/mol. The van der Waals surface area contributed by atoms with Crippen LogP contribution in [0, 0.1) is 10.1 Å². The lowest BCUT2D eigenvalue weighted by Gasteiger charge is -2.25. The van der Waals surface area contributed by atoms with Crippen molar-refractivity contribution in [3.8, 4) is 5.75 Å². The summed E-state index contributed by atoms with van der Waals surface area (Å²) in [6.45, 7) is 5.79. The van der Waals surface area contributed by atoms with Crippen LogP contribution in [0.25, 0.3) is 0 Å². The molecule has 0 aromatic heterocycles. The molecule has 2 aromatic carbocycles. The van der Waals surface area contributed by atoms with Crippen molar-refractivity contribution in [3.63, 3.8) is 0 Å². The standard InChI is InChI=1S/C20H22N2O5/c1-13(20(23)27-4)19(16-5-9-17(10-6-16)22(24)25)21-14(2)15-7-11-18(26-3)12-8-15/h5-12,14,19,21H,1H2,2-4H3/t14-,19-/m1/s1. The van der Waals surface area contributed by atoms with Crippen LogP contribution in [-0.4, -0.2) is 25.1 Å². The minimum absolute atomic E-state index is 0.0237. The van der Waals surface area contributed by atoms with E-state index in [2.05, 4.69) is 11.9 Å². The molecule has 0 aliphatic heterocycles. The van der Waals surface area contributed by atoms with E-state index in [0.717, 1.165) is 11.3 Å². The van der Waals surface area contributed by atoms with Crippen LogP contribution in [-0.2, 0) is 9.53 Å². The number of nitro groups is 1. The minimum Gasteiger partial charge on any atom is -0.497 e. The van der Waals surface area contributed by atoms with Gasteiger partial charge in [0.2, 0.25) is 0 Å². The number of carbonyl (C=O) groups excluding carboxylic acids is 1. The average Bonchev–Trinajstić information content (AvgIpc) is 2.70. The summed E-state index contributed by atoms with van der Waals surface area (Å²) < 4.78 is 9.95. The predicted octanol–water partition coefficient (Wildman–Crippen LogP) is 3.72. The van der Waals surface area contributed by atoms with Crippen LogP contribution in [0.4, 0.5) is 5.69 Å². The van der Waals surface area contributed by atoms with Gasteiger partial charge in [-0.05, 0) is 30.2 Å². The summed E-state index contributed by atoms with van der Waals surface area (Å²) in [5.41, 5.74) is 1.85. The quantitative estimate of drug-likeness (QED) is 0.330. The zero-order chi connectivity index (χ0) is 20.0. The fourth-order valence-corrected chi connectivity index (χ4v) is 2.67. The Morgan fingerprint density at radius 2 is 1.63 bits per heavy atom. The van der Waals surface area contributed by atoms with E-state index in [9.17, 15) is 14.9 Å². The van der Waals surface area contributed by atoms with Crippen molar-refractivity contribution in [2.45, 2.75) is 19.0 Å². The van der Waals surface area contributed by atoms with Gasteiger partial charge in [-0.3, -0.25) is 15.4 Å². The van der Waals surface area contributed by atoms with E-state index in [1.807, 2.05) is 31.2 Å². The normalized spacial score (nSPS) is 12.7. The fourth-order valence-electron chi connectivity index (χ4n) is 2.67. The molecular weight excluding hydrogens is 348 g/mol. The van der Waals surface area contributed by atoms with Gasteiger partial charge >= 0.3 is 5.97 Å². The second-order valence-electron chi connectivity index (χ2n) is 5.96. The Labute approximate surface area is 157 Å². The van der Waals surface area contributed by atoms with Gasteiger partial charge in [0.1, 0.15) is 5.75 Å². The first-order valence-electron chi connectivity index (χ1n) is 8.28. The SMILES string of the molecule is C=C(C(=O)OC)[C@@H](N[C@H](C)c1ccc(OC)cc1)c1ccc([N+](=O)[O-])cc1. The van der Waals surface area contributed by atoms with Gasteiger partial charge in [-0.25, -0.2) is 4.79 Å². The predicted molar refractivity (Wildman–Crippen MR) is 102 cm³/mol. The molecule has 27 heavy (non-hydrogen) atoms. The topological polar surface area (TPSA) is 90.7 Å². The summed E-state index contributed by atoms with van der Waals surface area (Å²) in [5, 5.41) is 14.2. The van der Waals surface area contributed by atoms with Crippen LogP contribution in [0.1, 0.15) is 30.1 Å². The molecule has 0 heterocycles. The Balaban J connectivity index is 2.29. The van der Waals surface area contributed by atoms with Crippen LogP contribution >= 0.6 is 0 Å². The van der Waals surface area contributed by atoms with Crippen LogP contribution in [0.2, 0.25) is 0 Å². The van der Waals surface area contributed by atoms with Gasteiger partial charge in [0.15, 0.2) is 0 Å². The maximum absolute atomic E-state index is 12.0. The van der Waals surface area contributed by atoms with Gasteiger partial charge < -0.3 is 9.47 Å². The second kappa shape index (κ2) is 8.95. The lowest BCUT2D eigenvalue weighted by molar-refractivity contribution is -0.384. The molecule has 1 N–H and O–H groups in total. The van der Waals surface area contributed by atoms with Crippen molar-refractivity contribution < 1.29 is 19.2 Å². The third-order valence-corrected chi connectivity index (χ3v) is 4.27.